The third-order valence-corrected chi connectivity index (χ3v) is 0. The van der Waals surface area contributed by atoms with Crippen LogP contribution in [0.1, 0.15) is 0 Å². The van der Waals surface area contributed by atoms with E-state index in [9.17, 15) is 0 Å². The fourth-order valence-corrected chi connectivity index (χ4v) is 0. The van der Waals surface area contributed by atoms with Crippen LogP contribution in [0.25, 0.3) is 0 Å². The van der Waals surface area contributed by atoms with Gasteiger partial charge in [-0.2, -0.15) is 0 Å². The molecule has 0 spiro atoms. The van der Waals surface area contributed by atoms with Crippen LogP contribution >= 0.6 is 0 Å². The van der Waals surface area contributed by atoms with E-state index in [-0.39, 0.29) is 22.7 Å². The summed E-state index contributed by atoms with van der Waals surface area (Å²) in [5.41, 5.74) is 0. The van der Waals surface area contributed by atoms with Crippen molar-refractivity contribution in [3.8, 4) is 0 Å². The smallest absolute Gasteiger partial charge is 0.187 e. The number of nitrogens with one attached hydrogen (secondary N) is 1. The van der Waals surface area contributed by atoms with Crippen molar-refractivity contribution in [1.29, 1.82) is 0 Å². The molecule has 24 valence electrons. The van der Waals surface area contributed by atoms with Gasteiger partial charge in [-0.15, -0.1) is 0 Å². The van der Waals surface area contributed by atoms with E-state index in [1.54, 1.807) is 0 Å². The lowest BCUT2D eigenvalue weighted by atomic mass is 13.4. The zero-order chi connectivity index (χ0) is 2.71. The molecule has 4 heavy (non-hydrogen) atoms. The second-order valence-corrected chi connectivity index (χ2v) is 0.0833. The maximum absolute atomic E-state index is 8.12. The van der Waals surface area contributed by atoms with Crippen molar-refractivity contribution in [3.05, 3.63) is 10.1 Å². The van der Waals surface area contributed by atoms with Crippen molar-refractivity contribution in [2.75, 3.05) is 0 Å². The number of hydrogen-bond acceptors (Lipinski definition) is 2. The van der Waals surface area contributed by atoms with E-state index in [0.29, 0.717) is 0 Å². The van der Waals surface area contributed by atoms with Crippen LogP contribution in [0.2, 0.25) is 0 Å². The van der Waals surface area contributed by atoms with Gasteiger partial charge in [0.2, 0.25) is 0 Å². The molecule has 1 N–H and O–H groups in total. The number of hydrogen-bond donors (Lipinski definition) is 1. The lowest BCUT2D eigenvalue weighted by Gasteiger charge is -1.36. The average molecular weight is 77.0 g/mol. The van der Waals surface area contributed by atoms with Gasteiger partial charge in [0.05, 0.1) is 0 Å². The Morgan fingerprint density at radius 2 is 1.75 bits per heavy atom. The van der Waals surface area contributed by atoms with Crippen molar-refractivity contribution < 1.29 is 5.34 Å². The van der Waals surface area contributed by atoms with E-state index in [1.807, 2.05) is 0 Å². The van der Waals surface area contributed by atoms with Gasteiger partial charge in [-0.1, -0.05) is 0 Å². The fourth-order valence-electron chi connectivity index (χ4n) is 0. The summed E-state index contributed by atoms with van der Waals surface area (Å²) in [4.78, 5) is 8.12. The predicted molar refractivity (Wildman–Crippen MR) is 17.6 cm³/mol. The highest BCUT2D eigenvalue weighted by Crippen LogP contribution is 0.618. The molecule has 0 radical (unpaired) electrons. The van der Waals surface area contributed by atoms with Crippen LogP contribution in [0, 0.1) is 10.1 Å². The molecule has 0 saturated heterocycles. The monoisotopic (exact) mass is 77.0 g/mol. The summed E-state index contributed by atoms with van der Waals surface area (Å²) in [6, 6.07) is 0. The van der Waals surface area contributed by atoms with Gasteiger partial charge in [-0.3, -0.25) is 10.1 Å². The molecule has 0 rings (SSSR count). The first-order valence-electron chi connectivity index (χ1n) is 0.408. The summed E-state index contributed by atoms with van der Waals surface area (Å²) in [5, 5.41) is 8.38. The van der Waals surface area contributed by atoms with Crippen molar-refractivity contribution in [1.82, 2.24) is 0 Å². The van der Waals surface area contributed by atoms with Gasteiger partial charge >= 0.3 is 0 Å². The standard InChI is InChI=1S/Al.HNO2.3H/c;2-1-3;;;/h;1H;;;. The van der Waals surface area contributed by atoms with Crippen LogP contribution in [-0.2, 0) is 0 Å². The summed E-state index contributed by atoms with van der Waals surface area (Å²) in [7, 11) is 0. The third kappa shape index (κ3) is 368. The zero-order valence-corrected chi connectivity index (χ0v) is 1.32. The molecule has 0 bridgehead atoms. The highest BCUT2D eigenvalue weighted by Gasteiger charge is 1.10. The Labute approximate surface area is 33.7 Å². The summed E-state index contributed by atoms with van der Waals surface area (Å²) in [6.45, 7) is 0. The molecule has 4 heteroatoms. The third-order valence-electron chi connectivity index (χ3n) is 0. The van der Waals surface area contributed by atoms with E-state index < -0.39 is 0 Å². The molecular formula is H4AlNO2. The quantitative estimate of drug-likeness (QED) is 0.192. The molecule has 0 aliphatic heterocycles. The van der Waals surface area contributed by atoms with E-state index in [4.69, 9.17) is 10.1 Å². The Bertz CT molecular complexity index is 13.5. The van der Waals surface area contributed by atoms with Gasteiger partial charge in [0.15, 0.2) is 17.4 Å². The average Bonchev–Trinajstić information content (AvgIpc) is 0.918. The molecule has 0 heterocycles. The highest BCUT2D eigenvalue weighted by molar-refractivity contribution is 5.75. The molecule has 0 unspecified atom stereocenters. The van der Waals surface area contributed by atoms with Crippen LogP contribution in [0.3, 0.4) is 0 Å². The molecule has 3 nitrogen and oxygen atoms in total. The second-order valence-electron chi connectivity index (χ2n) is 0.0833. The fraction of sp³-hybridized carbons (Fsp3) is 0. The molecule has 0 atom stereocenters. The Balaban J connectivity index is 0. The summed E-state index contributed by atoms with van der Waals surface area (Å²) >= 11 is 0. The zero-order valence-electron chi connectivity index (χ0n) is 1.32. The Hall–Kier alpha value is -0.0675. The SMILES string of the molecule is O=[NH+][O-].[AlH3]. The molecule has 0 aliphatic carbocycles. The molecule has 0 aromatic heterocycles. The van der Waals surface area contributed by atoms with E-state index in [2.05, 4.69) is 0 Å². The maximum atomic E-state index is 8.12. The first-order chi connectivity index (χ1) is 1.41. The second kappa shape index (κ2) is 12.6. The molecular weight excluding hydrogens is 73.0 g/mol. The van der Waals surface area contributed by atoms with E-state index in [0.717, 1.165) is 0 Å². The van der Waals surface area contributed by atoms with Crippen molar-refractivity contribution in [3.63, 3.8) is 0 Å². The predicted octanol–water partition coefficient (Wildman–Crippen LogP) is -2.85. The molecule has 0 saturated carbocycles. The van der Waals surface area contributed by atoms with Gasteiger partial charge in [-0.05, 0) is 0 Å². The maximum Gasteiger partial charge on any atom is 0.187 e. The molecule has 0 aromatic carbocycles. The summed E-state index contributed by atoms with van der Waals surface area (Å²) < 4.78 is 0. The molecule has 0 aliphatic rings. The summed E-state index contributed by atoms with van der Waals surface area (Å²) in [6.07, 6.45) is 0. The molecule has 0 fully saturated rings. The van der Waals surface area contributed by atoms with Gasteiger partial charge in [0, 0.05) is 5.34 Å². The Morgan fingerprint density at radius 1 is 1.75 bits per heavy atom. The molecule has 0 aromatic rings. The Morgan fingerprint density at radius 3 is 1.75 bits per heavy atom. The minimum absolute atomic E-state index is 0. The van der Waals surface area contributed by atoms with E-state index in [1.165, 1.54) is 0 Å². The topological polar surface area (TPSA) is 54.1 Å². The van der Waals surface area contributed by atoms with Gasteiger partial charge < -0.3 is 0 Å². The van der Waals surface area contributed by atoms with Gasteiger partial charge in [0.1, 0.15) is 0 Å². The van der Waals surface area contributed by atoms with Crippen LogP contribution in [0.5, 0.6) is 0 Å². The van der Waals surface area contributed by atoms with Gasteiger partial charge in [-0.25, -0.2) is 0 Å². The Kier molecular flexibility index (Phi) is 28.5. The van der Waals surface area contributed by atoms with E-state index >= 15 is 0 Å². The van der Waals surface area contributed by atoms with Crippen LogP contribution in [-0.4, -0.2) is 17.4 Å². The lowest BCUT2D eigenvalue weighted by Crippen LogP contribution is -2.53. The van der Waals surface area contributed by atoms with Crippen LogP contribution < -0.4 is 5.34 Å². The lowest BCUT2D eigenvalue weighted by molar-refractivity contribution is -0.398. The molecule has 0 amide bonds. The van der Waals surface area contributed by atoms with Crippen LogP contribution in [0.15, 0.2) is 0 Å². The first kappa shape index (κ1) is 9.06. The largest absolute Gasteiger partial charge is 0.267 e. The highest BCUT2D eigenvalue weighted by atomic mass is 27.0. The van der Waals surface area contributed by atoms with Gasteiger partial charge in [0.25, 0.3) is 0 Å². The normalized spacial score (nSPS) is 3.00. The van der Waals surface area contributed by atoms with Crippen molar-refractivity contribution in [2.45, 2.75) is 0 Å². The van der Waals surface area contributed by atoms with Crippen LogP contribution in [0.4, 0.5) is 0 Å². The van der Waals surface area contributed by atoms with Crippen molar-refractivity contribution in [2.24, 2.45) is 0 Å². The summed E-state index contributed by atoms with van der Waals surface area (Å²) in [5.74, 6) is 0. The minimum Gasteiger partial charge on any atom is -0.267 e. The van der Waals surface area contributed by atoms with Crippen molar-refractivity contribution >= 4 is 17.4 Å². The first-order valence-corrected chi connectivity index (χ1v) is 0.408. The minimum atomic E-state index is 0. The number of rotatable bonds is 0.